The van der Waals surface area contributed by atoms with Gasteiger partial charge in [0.25, 0.3) is 0 Å². The molecule has 4 heterocycles. The summed E-state index contributed by atoms with van der Waals surface area (Å²) in [5.41, 5.74) is 0.389. The Kier molecular flexibility index (Phi) is 6.37. The number of amides is 2. The van der Waals surface area contributed by atoms with Gasteiger partial charge >= 0.3 is 0 Å². The summed E-state index contributed by atoms with van der Waals surface area (Å²) >= 11 is 0. The van der Waals surface area contributed by atoms with Crippen molar-refractivity contribution in [1.29, 1.82) is 0 Å². The van der Waals surface area contributed by atoms with Crippen LogP contribution in [0.5, 0.6) is 0 Å². The molecule has 0 saturated carbocycles. The summed E-state index contributed by atoms with van der Waals surface area (Å²) in [7, 11) is -3.73. The number of hydrogen-bond donors (Lipinski definition) is 1. The van der Waals surface area contributed by atoms with Crippen LogP contribution in [0.3, 0.4) is 0 Å². The van der Waals surface area contributed by atoms with Gasteiger partial charge in [0.1, 0.15) is 23.3 Å². The van der Waals surface area contributed by atoms with Crippen LogP contribution in [0.1, 0.15) is 18.7 Å². The molecule has 0 unspecified atom stereocenters. The van der Waals surface area contributed by atoms with Gasteiger partial charge in [-0.1, -0.05) is 6.07 Å². The fraction of sp³-hybridized carbons (Fsp3) is 0.292. The number of rotatable bonds is 6. The van der Waals surface area contributed by atoms with E-state index in [0.717, 1.165) is 4.90 Å². The van der Waals surface area contributed by atoms with E-state index in [-0.39, 0.29) is 29.6 Å². The summed E-state index contributed by atoms with van der Waals surface area (Å²) < 4.78 is 27.9. The maximum atomic E-state index is 13.2. The molecule has 2 aliphatic heterocycles. The Morgan fingerprint density at radius 3 is 2.19 bits per heavy atom. The van der Waals surface area contributed by atoms with E-state index in [1.165, 1.54) is 28.6 Å². The van der Waals surface area contributed by atoms with Crippen LogP contribution in [0.2, 0.25) is 0 Å². The van der Waals surface area contributed by atoms with Crippen molar-refractivity contribution in [3.8, 4) is 0 Å². The molecule has 0 spiro atoms. The van der Waals surface area contributed by atoms with E-state index >= 15 is 0 Å². The standard InChI is InChI=1S/C24H25N7O4S/c1-17-26-21(28-20-4-2-3-11-25-20)16-22(27-17)29-12-14-30(15-13-29)36(34,35)19-7-5-18(6-8-19)31-23(32)9-10-24(31)33/h2-8,11,16H,9-10,12-15H2,1H3,(H,25,26,27,28). The smallest absolute Gasteiger partial charge is 0.243 e. The van der Waals surface area contributed by atoms with E-state index in [0.29, 0.717) is 55.1 Å². The zero-order chi connectivity index (χ0) is 25.3. The summed E-state index contributed by atoms with van der Waals surface area (Å²) in [6.07, 6.45) is 2.04. The number of carbonyl (C=O) groups excluding carboxylic acids is 2. The number of aromatic nitrogens is 3. The molecule has 3 aromatic rings. The molecule has 2 aromatic heterocycles. The van der Waals surface area contributed by atoms with Gasteiger partial charge in [0.2, 0.25) is 21.8 Å². The van der Waals surface area contributed by atoms with E-state index in [9.17, 15) is 18.0 Å². The van der Waals surface area contributed by atoms with Crippen molar-refractivity contribution < 1.29 is 18.0 Å². The lowest BCUT2D eigenvalue weighted by Crippen LogP contribution is -2.49. The highest BCUT2D eigenvalue weighted by atomic mass is 32.2. The molecule has 1 aromatic carbocycles. The summed E-state index contributed by atoms with van der Waals surface area (Å²) in [6.45, 7) is 3.32. The van der Waals surface area contributed by atoms with Crippen molar-refractivity contribution in [2.75, 3.05) is 41.3 Å². The van der Waals surface area contributed by atoms with Gasteiger partial charge in [-0.2, -0.15) is 4.31 Å². The van der Waals surface area contributed by atoms with Gasteiger partial charge in [0.15, 0.2) is 0 Å². The first-order valence-corrected chi connectivity index (χ1v) is 13.0. The second-order valence-corrected chi connectivity index (χ2v) is 10.4. The van der Waals surface area contributed by atoms with Crippen LogP contribution in [-0.4, -0.2) is 65.7 Å². The minimum absolute atomic E-state index is 0.124. The quantitative estimate of drug-likeness (QED) is 0.499. The monoisotopic (exact) mass is 507 g/mol. The van der Waals surface area contributed by atoms with Crippen LogP contribution in [-0.2, 0) is 19.6 Å². The van der Waals surface area contributed by atoms with Gasteiger partial charge < -0.3 is 10.2 Å². The molecule has 0 radical (unpaired) electrons. The molecule has 36 heavy (non-hydrogen) atoms. The largest absolute Gasteiger partial charge is 0.354 e. The number of anilines is 4. The first kappa shape index (κ1) is 23.8. The number of pyridine rings is 1. The van der Waals surface area contributed by atoms with Gasteiger partial charge in [-0.25, -0.2) is 23.4 Å². The summed E-state index contributed by atoms with van der Waals surface area (Å²) in [6, 6.07) is 13.3. The highest BCUT2D eigenvalue weighted by molar-refractivity contribution is 7.89. The fourth-order valence-electron chi connectivity index (χ4n) is 4.28. The first-order chi connectivity index (χ1) is 17.3. The molecule has 2 amide bonds. The number of benzene rings is 1. The lowest BCUT2D eigenvalue weighted by Gasteiger charge is -2.34. The van der Waals surface area contributed by atoms with Crippen LogP contribution >= 0.6 is 0 Å². The van der Waals surface area contributed by atoms with Crippen molar-refractivity contribution in [2.24, 2.45) is 0 Å². The summed E-state index contributed by atoms with van der Waals surface area (Å²) in [4.78, 5) is 40.4. The molecule has 2 fully saturated rings. The van der Waals surface area contributed by atoms with Gasteiger partial charge in [-0.05, 0) is 43.3 Å². The van der Waals surface area contributed by atoms with Crippen LogP contribution in [0.4, 0.5) is 23.1 Å². The van der Waals surface area contributed by atoms with Crippen LogP contribution < -0.4 is 15.1 Å². The molecule has 186 valence electrons. The Morgan fingerprint density at radius 1 is 0.861 bits per heavy atom. The molecular weight excluding hydrogens is 482 g/mol. The zero-order valence-electron chi connectivity index (χ0n) is 19.7. The minimum Gasteiger partial charge on any atom is -0.354 e. The normalized spacial score (nSPS) is 17.0. The van der Waals surface area contributed by atoms with Gasteiger partial charge in [-0.3, -0.25) is 14.5 Å². The molecule has 5 rings (SSSR count). The Morgan fingerprint density at radius 2 is 1.56 bits per heavy atom. The number of aryl methyl sites for hydroxylation is 1. The number of piperazine rings is 1. The molecular formula is C24H25N7O4S. The van der Waals surface area contributed by atoms with Crippen LogP contribution in [0, 0.1) is 6.92 Å². The lowest BCUT2D eigenvalue weighted by molar-refractivity contribution is -0.121. The van der Waals surface area contributed by atoms with E-state index in [2.05, 4.69) is 20.3 Å². The Balaban J connectivity index is 1.26. The van der Waals surface area contributed by atoms with E-state index in [1.807, 2.05) is 29.2 Å². The molecule has 0 aliphatic carbocycles. The molecule has 12 heteroatoms. The van der Waals surface area contributed by atoms with Gasteiger partial charge in [-0.15, -0.1) is 0 Å². The maximum absolute atomic E-state index is 13.2. The third-order valence-electron chi connectivity index (χ3n) is 6.09. The topological polar surface area (TPSA) is 129 Å². The number of nitrogens with one attached hydrogen (secondary N) is 1. The second kappa shape index (κ2) is 9.63. The van der Waals surface area contributed by atoms with E-state index in [4.69, 9.17) is 0 Å². The zero-order valence-corrected chi connectivity index (χ0v) is 20.5. The van der Waals surface area contributed by atoms with Gasteiger partial charge in [0, 0.05) is 51.3 Å². The fourth-order valence-corrected chi connectivity index (χ4v) is 5.71. The van der Waals surface area contributed by atoms with E-state index < -0.39 is 10.0 Å². The molecule has 1 N–H and O–H groups in total. The Hall–Kier alpha value is -3.90. The molecule has 0 atom stereocenters. The maximum Gasteiger partial charge on any atom is 0.243 e. The summed E-state index contributed by atoms with van der Waals surface area (Å²) in [5, 5.41) is 3.17. The number of hydrogen-bond acceptors (Lipinski definition) is 9. The molecule has 2 saturated heterocycles. The SMILES string of the molecule is Cc1nc(Nc2ccccn2)cc(N2CCN(S(=O)(=O)c3ccc(N4C(=O)CCC4=O)cc3)CC2)n1. The van der Waals surface area contributed by atoms with Crippen molar-refractivity contribution >= 4 is 45.0 Å². The average molecular weight is 508 g/mol. The average Bonchev–Trinajstić information content (AvgIpc) is 3.22. The number of nitrogens with zero attached hydrogens (tertiary/aromatic N) is 6. The lowest BCUT2D eigenvalue weighted by atomic mass is 10.3. The highest BCUT2D eigenvalue weighted by Crippen LogP contribution is 2.26. The molecule has 2 aliphatic rings. The number of carbonyl (C=O) groups is 2. The van der Waals surface area contributed by atoms with Crippen molar-refractivity contribution in [3.63, 3.8) is 0 Å². The third kappa shape index (κ3) is 4.77. The predicted octanol–water partition coefficient (Wildman–Crippen LogP) is 2.09. The van der Waals surface area contributed by atoms with Crippen molar-refractivity contribution in [2.45, 2.75) is 24.7 Å². The number of imide groups is 1. The predicted molar refractivity (Wildman–Crippen MR) is 133 cm³/mol. The number of sulfonamides is 1. The third-order valence-corrected chi connectivity index (χ3v) is 8.01. The van der Waals surface area contributed by atoms with Crippen LogP contribution in [0.15, 0.2) is 59.6 Å². The molecule has 11 nitrogen and oxygen atoms in total. The molecule has 0 bridgehead atoms. The van der Waals surface area contributed by atoms with E-state index in [1.54, 1.807) is 13.1 Å². The highest BCUT2D eigenvalue weighted by Gasteiger charge is 2.32. The second-order valence-electron chi connectivity index (χ2n) is 8.51. The minimum atomic E-state index is -3.73. The van der Waals surface area contributed by atoms with Crippen molar-refractivity contribution in [3.05, 3.63) is 60.6 Å². The van der Waals surface area contributed by atoms with Crippen LogP contribution in [0.25, 0.3) is 0 Å². The first-order valence-electron chi connectivity index (χ1n) is 11.6. The summed E-state index contributed by atoms with van der Waals surface area (Å²) in [5.74, 6) is 2.04. The van der Waals surface area contributed by atoms with Gasteiger partial charge in [0.05, 0.1) is 10.6 Å². The Bertz CT molecular complexity index is 1370. The van der Waals surface area contributed by atoms with Crippen molar-refractivity contribution in [1.82, 2.24) is 19.3 Å². The Labute approximate surface area is 208 Å².